The third-order valence-corrected chi connectivity index (χ3v) is 9.21. The summed E-state index contributed by atoms with van der Waals surface area (Å²) in [5.41, 5.74) is 2.18. The van der Waals surface area contributed by atoms with E-state index in [4.69, 9.17) is 14.2 Å². The number of hydrogen-bond acceptors (Lipinski definition) is 5. The van der Waals surface area contributed by atoms with Crippen LogP contribution in [0.4, 0.5) is 13.2 Å². The van der Waals surface area contributed by atoms with Gasteiger partial charge in [-0.1, -0.05) is 96.3 Å². The maximum Gasteiger partial charge on any atom is 0.425 e. The summed E-state index contributed by atoms with van der Waals surface area (Å²) in [7, 11) is 0. The van der Waals surface area contributed by atoms with E-state index in [1.54, 1.807) is 30.3 Å². The van der Waals surface area contributed by atoms with E-state index in [-0.39, 0.29) is 12.8 Å². The Morgan fingerprint density at radius 1 is 0.750 bits per heavy atom. The van der Waals surface area contributed by atoms with Crippen molar-refractivity contribution in [2.24, 2.45) is 5.92 Å². The normalized spacial score (nSPS) is 15.1. The van der Waals surface area contributed by atoms with Crippen LogP contribution in [0.1, 0.15) is 125 Å². The van der Waals surface area contributed by atoms with E-state index in [0.717, 1.165) is 46.9 Å². The van der Waals surface area contributed by atoms with Gasteiger partial charge in [-0.05, 0) is 96.8 Å². The fraction of sp³-hybridized carbons (Fsp3) is 0.550. The lowest BCUT2D eigenvalue weighted by molar-refractivity contribution is -0.225. The van der Waals surface area contributed by atoms with Gasteiger partial charge in [-0.2, -0.15) is 13.2 Å². The Bertz CT molecular complexity index is 1470. The van der Waals surface area contributed by atoms with Gasteiger partial charge in [-0.3, -0.25) is 4.79 Å². The van der Waals surface area contributed by atoms with Crippen LogP contribution in [-0.4, -0.2) is 30.8 Å². The molecule has 3 aromatic rings. The minimum atomic E-state index is -4.58. The minimum Gasteiger partial charge on any atom is -0.494 e. The number of alkyl halides is 3. The molecular weight excluding hydrogens is 617 g/mol. The van der Waals surface area contributed by atoms with Crippen LogP contribution in [0.15, 0.2) is 54.6 Å². The summed E-state index contributed by atoms with van der Waals surface area (Å²) in [6.07, 6.45) is 7.11. The van der Waals surface area contributed by atoms with E-state index in [9.17, 15) is 22.8 Å². The van der Waals surface area contributed by atoms with E-state index in [1.165, 1.54) is 44.9 Å². The number of halogens is 3. The first-order chi connectivity index (χ1) is 23.2. The van der Waals surface area contributed by atoms with Crippen molar-refractivity contribution in [3.63, 3.8) is 0 Å². The maximum atomic E-state index is 13.5. The highest BCUT2D eigenvalue weighted by molar-refractivity contribution is 5.96. The molecule has 48 heavy (non-hydrogen) atoms. The summed E-state index contributed by atoms with van der Waals surface area (Å²) in [5.74, 6) is -0.726. The predicted molar refractivity (Wildman–Crippen MR) is 184 cm³/mol. The topological polar surface area (TPSA) is 61.8 Å². The first-order valence-electron chi connectivity index (χ1n) is 18.0. The number of carbonyl (C=O) groups is 2. The zero-order valence-electron chi connectivity index (χ0n) is 28.5. The molecule has 0 N–H and O–H groups in total. The lowest BCUT2D eigenvalue weighted by atomic mass is 9.84. The Balaban J connectivity index is 1.26. The molecular formula is C40H51F3O5. The van der Waals surface area contributed by atoms with Crippen LogP contribution in [0.2, 0.25) is 0 Å². The quantitative estimate of drug-likeness (QED) is 0.0723. The number of fused-ring (bicyclic) bond motifs is 2. The molecule has 0 saturated heterocycles. The second-order valence-corrected chi connectivity index (χ2v) is 13.1. The summed E-state index contributed by atoms with van der Waals surface area (Å²) in [5, 5.41) is 1.88. The van der Waals surface area contributed by atoms with Crippen molar-refractivity contribution in [2.75, 3.05) is 6.61 Å². The van der Waals surface area contributed by atoms with Crippen LogP contribution >= 0.6 is 0 Å². The average Bonchev–Trinajstić information content (AvgIpc) is 3.07. The minimum absolute atomic E-state index is 0.209. The van der Waals surface area contributed by atoms with Crippen LogP contribution in [0.3, 0.4) is 0 Å². The van der Waals surface area contributed by atoms with Crippen molar-refractivity contribution >= 4 is 22.7 Å². The Hall–Kier alpha value is -3.55. The van der Waals surface area contributed by atoms with Crippen LogP contribution in [0.25, 0.3) is 10.8 Å². The lowest BCUT2D eigenvalue weighted by Crippen LogP contribution is -2.37. The molecule has 0 spiro atoms. The monoisotopic (exact) mass is 668 g/mol. The zero-order valence-corrected chi connectivity index (χ0v) is 28.5. The van der Waals surface area contributed by atoms with Crippen molar-refractivity contribution in [3.8, 4) is 11.5 Å². The number of esters is 2. The van der Waals surface area contributed by atoms with Crippen molar-refractivity contribution in [3.05, 3.63) is 71.3 Å². The second kappa shape index (κ2) is 18.8. The second-order valence-electron chi connectivity index (χ2n) is 13.1. The Morgan fingerprint density at radius 2 is 1.40 bits per heavy atom. The third-order valence-electron chi connectivity index (χ3n) is 9.21. The van der Waals surface area contributed by atoms with Crippen LogP contribution in [0, 0.1) is 5.92 Å². The van der Waals surface area contributed by atoms with Gasteiger partial charge in [-0.25, -0.2) is 4.79 Å². The predicted octanol–water partition coefficient (Wildman–Crippen LogP) is 11.1. The van der Waals surface area contributed by atoms with E-state index in [0.29, 0.717) is 43.6 Å². The number of unbranched alkanes of at least 4 members (excludes halogenated alkanes) is 10. The molecule has 3 aromatic carbocycles. The molecule has 1 aliphatic carbocycles. The van der Waals surface area contributed by atoms with Crippen LogP contribution in [0.5, 0.6) is 11.5 Å². The fourth-order valence-corrected chi connectivity index (χ4v) is 6.31. The maximum absolute atomic E-state index is 13.5. The molecule has 0 heterocycles. The first kappa shape index (κ1) is 37.3. The molecule has 0 saturated carbocycles. The Kier molecular flexibility index (Phi) is 14.6. The van der Waals surface area contributed by atoms with Crippen molar-refractivity contribution in [1.29, 1.82) is 0 Å². The van der Waals surface area contributed by atoms with Gasteiger partial charge in [0.15, 0.2) is 6.10 Å². The molecule has 0 radical (unpaired) electrons. The molecule has 0 fully saturated rings. The number of hydrogen-bond donors (Lipinski definition) is 0. The summed E-state index contributed by atoms with van der Waals surface area (Å²) < 4.78 is 57.3. The van der Waals surface area contributed by atoms with Gasteiger partial charge < -0.3 is 14.2 Å². The summed E-state index contributed by atoms with van der Waals surface area (Å²) in [4.78, 5) is 25.8. The van der Waals surface area contributed by atoms with Gasteiger partial charge in [0.05, 0.1) is 18.1 Å². The molecule has 1 aliphatic rings. The van der Waals surface area contributed by atoms with Gasteiger partial charge in [0.25, 0.3) is 0 Å². The van der Waals surface area contributed by atoms with Crippen molar-refractivity contribution in [2.45, 2.75) is 129 Å². The van der Waals surface area contributed by atoms with Gasteiger partial charge in [0.2, 0.25) is 0 Å². The Morgan fingerprint density at radius 3 is 2.12 bits per heavy atom. The molecule has 8 heteroatoms. The standard InChI is InChI=1S/C40H51F3O5/c1-3-5-7-9-10-11-12-14-24-46-35-22-20-29-25-33(18-16-31(29)27-35)38(44)47-36-23-21-30-26-34(19-17-32(30)28-36)39(45)48-37(40(41,42)43)15-13-8-6-4-2/h16,18,20-23,25,27-28,34,37H,3-15,17,19,24,26H2,1-2H3/t34?,37-/m1/s1. The highest BCUT2D eigenvalue weighted by Crippen LogP contribution is 2.33. The van der Waals surface area contributed by atoms with Gasteiger partial charge in [-0.15, -0.1) is 0 Å². The smallest absolute Gasteiger partial charge is 0.425 e. The lowest BCUT2D eigenvalue weighted by Gasteiger charge is -2.27. The van der Waals surface area contributed by atoms with Gasteiger partial charge in [0, 0.05) is 0 Å². The molecule has 0 amide bonds. The van der Waals surface area contributed by atoms with E-state index in [1.807, 2.05) is 31.2 Å². The average molecular weight is 669 g/mol. The van der Waals surface area contributed by atoms with Crippen LogP contribution < -0.4 is 9.47 Å². The number of benzene rings is 3. The number of ether oxygens (including phenoxy) is 3. The molecule has 2 atom stereocenters. The number of rotatable bonds is 19. The highest BCUT2D eigenvalue weighted by atomic mass is 19.4. The van der Waals surface area contributed by atoms with E-state index in [2.05, 4.69) is 6.92 Å². The van der Waals surface area contributed by atoms with Crippen molar-refractivity contribution in [1.82, 2.24) is 0 Å². The molecule has 4 rings (SSSR count). The summed E-state index contributed by atoms with van der Waals surface area (Å²) in [6.45, 7) is 4.91. The molecule has 0 aliphatic heterocycles. The van der Waals surface area contributed by atoms with E-state index >= 15 is 0 Å². The zero-order chi connectivity index (χ0) is 34.4. The van der Waals surface area contributed by atoms with Crippen LogP contribution in [-0.2, 0) is 22.4 Å². The molecule has 0 bridgehead atoms. The third kappa shape index (κ3) is 11.6. The Labute approximate surface area is 283 Å². The number of aryl methyl sites for hydroxylation is 1. The van der Waals surface area contributed by atoms with E-state index < -0.39 is 30.1 Å². The summed E-state index contributed by atoms with van der Waals surface area (Å²) in [6, 6.07) is 16.5. The fourth-order valence-electron chi connectivity index (χ4n) is 6.31. The molecule has 262 valence electrons. The summed E-state index contributed by atoms with van der Waals surface area (Å²) >= 11 is 0. The van der Waals surface area contributed by atoms with Gasteiger partial charge in [0.1, 0.15) is 11.5 Å². The van der Waals surface area contributed by atoms with Gasteiger partial charge >= 0.3 is 18.1 Å². The largest absolute Gasteiger partial charge is 0.494 e. The number of carbonyl (C=O) groups excluding carboxylic acids is 2. The first-order valence-corrected chi connectivity index (χ1v) is 18.0. The molecule has 5 nitrogen and oxygen atoms in total. The highest BCUT2D eigenvalue weighted by Gasteiger charge is 2.43. The van der Waals surface area contributed by atoms with Crippen molar-refractivity contribution < 1.29 is 37.0 Å². The molecule has 1 unspecified atom stereocenters. The molecule has 0 aromatic heterocycles. The SMILES string of the molecule is CCCCCCCCCCOc1ccc2cc(C(=O)Oc3ccc4c(c3)CCC(C(=O)O[C@H](CCCCCC)C(F)(F)F)C4)ccc2c1.